The van der Waals surface area contributed by atoms with Crippen LogP contribution in [0.15, 0.2) is 158 Å². The molecule has 0 spiro atoms. The molecule has 10 nitrogen and oxygen atoms in total. The van der Waals surface area contributed by atoms with Crippen molar-refractivity contribution in [2.45, 2.75) is 52.4 Å². The van der Waals surface area contributed by atoms with E-state index in [1.165, 1.54) is 32.7 Å². The molecule has 1 aliphatic rings. The van der Waals surface area contributed by atoms with Gasteiger partial charge in [-0.05, 0) is 117 Å². The molecule has 80 heavy (non-hydrogen) atoms. The SMILES string of the molecule is CCCOc1c2cccc1Cc1cc(-c3c4ccccc4[n+](C)c4ccccc34)cc(c1OCOCCOC)Cc1cccc(c1OCCC)Cc1cc(-c3c4ccccc4[n+](C)c4ccccc34)cc(c1OCOCCOC)C2. The highest BCUT2D eigenvalue weighted by Crippen LogP contribution is 2.45. The summed E-state index contributed by atoms with van der Waals surface area (Å²) in [4.78, 5) is 0. The van der Waals surface area contributed by atoms with Gasteiger partial charge in [-0.1, -0.05) is 98.8 Å². The summed E-state index contributed by atoms with van der Waals surface area (Å²) in [6, 6.07) is 57.4. The molecule has 2 aromatic heterocycles. The van der Waals surface area contributed by atoms with Crippen molar-refractivity contribution in [3.05, 3.63) is 202 Å². The molecule has 0 fully saturated rings. The Labute approximate surface area is 470 Å². The predicted molar refractivity (Wildman–Crippen MR) is 318 cm³/mol. The van der Waals surface area contributed by atoms with Gasteiger partial charge in [0.2, 0.25) is 22.1 Å². The third kappa shape index (κ3) is 11.1. The molecular formula is C70H72N2O8+2. The topological polar surface area (TPSA) is 81.6 Å². The lowest BCUT2D eigenvalue weighted by Crippen LogP contribution is -2.30. The third-order valence-corrected chi connectivity index (χ3v) is 15.4. The van der Waals surface area contributed by atoms with Gasteiger partial charge in [0.15, 0.2) is 13.6 Å². The fourth-order valence-electron chi connectivity index (χ4n) is 11.8. The molecule has 0 saturated carbocycles. The van der Waals surface area contributed by atoms with E-state index < -0.39 is 0 Å². The van der Waals surface area contributed by atoms with Crippen LogP contribution in [0.5, 0.6) is 23.0 Å². The lowest BCUT2D eigenvalue weighted by atomic mass is 9.86. The molecule has 0 radical (unpaired) electrons. The number of rotatable bonds is 20. The first-order chi connectivity index (χ1) is 39.4. The number of benzene rings is 8. The minimum Gasteiger partial charge on any atom is -0.493 e. The molecule has 10 heteroatoms. The number of fused-ring (bicyclic) bond motifs is 12. The monoisotopic (exact) mass is 1070 g/mol. The fourth-order valence-corrected chi connectivity index (χ4v) is 11.8. The quantitative estimate of drug-likeness (QED) is 0.0323. The Bertz CT molecular complexity index is 3400. The highest BCUT2D eigenvalue weighted by Gasteiger charge is 2.28. The number of para-hydroxylation sites is 6. The molecule has 10 aromatic rings. The maximum absolute atomic E-state index is 7.03. The van der Waals surface area contributed by atoms with E-state index >= 15 is 0 Å². The first kappa shape index (κ1) is 54.1. The van der Waals surface area contributed by atoms with Crippen molar-refractivity contribution in [1.82, 2.24) is 0 Å². The summed E-state index contributed by atoms with van der Waals surface area (Å²) in [6.45, 7) is 7.21. The second-order valence-corrected chi connectivity index (χ2v) is 20.7. The predicted octanol–water partition coefficient (Wildman–Crippen LogP) is 13.5. The van der Waals surface area contributed by atoms with Crippen LogP contribution in [-0.4, -0.2) is 67.4 Å². The van der Waals surface area contributed by atoms with Crippen LogP contribution in [0.25, 0.3) is 65.9 Å². The zero-order valence-electron chi connectivity index (χ0n) is 47.1. The van der Waals surface area contributed by atoms with Crippen molar-refractivity contribution < 1.29 is 47.0 Å². The second kappa shape index (κ2) is 25.1. The lowest BCUT2D eigenvalue weighted by Gasteiger charge is -2.24. The zero-order chi connectivity index (χ0) is 55.0. The van der Waals surface area contributed by atoms with Crippen LogP contribution in [-0.2, 0) is 58.7 Å². The van der Waals surface area contributed by atoms with E-state index in [2.05, 4.69) is 195 Å². The number of nitrogens with zero attached hydrogens (tertiary/aromatic N) is 2. The van der Waals surface area contributed by atoms with Crippen LogP contribution < -0.4 is 28.1 Å². The van der Waals surface area contributed by atoms with Gasteiger partial charge < -0.3 is 37.9 Å². The number of ether oxygens (including phenoxy) is 8. The maximum atomic E-state index is 7.03. The highest BCUT2D eigenvalue weighted by atomic mass is 16.7. The van der Waals surface area contributed by atoms with Crippen LogP contribution >= 0.6 is 0 Å². The molecule has 2 heterocycles. The van der Waals surface area contributed by atoms with Crippen LogP contribution in [0.1, 0.15) is 71.2 Å². The van der Waals surface area contributed by atoms with Gasteiger partial charge in [0, 0.05) is 75.3 Å². The summed E-state index contributed by atoms with van der Waals surface area (Å²) in [7, 11) is 7.68. The molecule has 1 aliphatic carbocycles. The largest absolute Gasteiger partial charge is 0.493 e. The van der Waals surface area contributed by atoms with Crippen molar-refractivity contribution in [2.24, 2.45) is 14.1 Å². The molecule has 0 N–H and O–H groups in total. The summed E-state index contributed by atoms with van der Waals surface area (Å²) >= 11 is 0. The average molecular weight is 1070 g/mol. The van der Waals surface area contributed by atoms with E-state index in [1.54, 1.807) is 14.2 Å². The van der Waals surface area contributed by atoms with Crippen molar-refractivity contribution in [2.75, 3.05) is 67.4 Å². The molecule has 0 aliphatic heterocycles. The van der Waals surface area contributed by atoms with E-state index in [1.807, 2.05) is 0 Å². The number of aryl methyl sites for hydroxylation is 2. The number of methoxy groups -OCH3 is 2. The van der Waals surface area contributed by atoms with Gasteiger partial charge in [-0.2, -0.15) is 9.13 Å². The Hall–Kier alpha value is -7.86. The van der Waals surface area contributed by atoms with Crippen LogP contribution in [0, 0.1) is 0 Å². The summed E-state index contributed by atoms with van der Waals surface area (Å²) in [5, 5.41) is 4.67. The first-order valence-electron chi connectivity index (χ1n) is 28.2. The molecule has 8 bridgehead atoms. The molecule has 8 aromatic carbocycles. The van der Waals surface area contributed by atoms with Gasteiger partial charge in [0.05, 0.1) is 61.2 Å². The molecule has 408 valence electrons. The molecule has 0 unspecified atom stereocenters. The molecule has 11 rings (SSSR count). The van der Waals surface area contributed by atoms with Crippen LogP contribution in [0.3, 0.4) is 0 Å². The number of hydrogen-bond acceptors (Lipinski definition) is 8. The molecule has 0 saturated heterocycles. The van der Waals surface area contributed by atoms with Crippen LogP contribution in [0.2, 0.25) is 0 Å². The van der Waals surface area contributed by atoms with E-state index in [-0.39, 0.29) is 13.6 Å². The summed E-state index contributed by atoms with van der Waals surface area (Å²) in [5.41, 5.74) is 17.4. The van der Waals surface area contributed by atoms with Crippen molar-refractivity contribution in [1.29, 1.82) is 0 Å². The molecule has 0 amide bonds. The molecule has 0 atom stereocenters. The van der Waals surface area contributed by atoms with Gasteiger partial charge >= 0.3 is 0 Å². The minimum atomic E-state index is 0.0490. The van der Waals surface area contributed by atoms with E-state index in [0.717, 1.165) is 114 Å². The smallest absolute Gasteiger partial charge is 0.213 e. The maximum Gasteiger partial charge on any atom is 0.213 e. The Balaban J connectivity index is 1.20. The van der Waals surface area contributed by atoms with Gasteiger partial charge in [-0.25, -0.2) is 0 Å². The van der Waals surface area contributed by atoms with E-state index in [9.17, 15) is 0 Å². The van der Waals surface area contributed by atoms with Crippen molar-refractivity contribution >= 4 is 43.6 Å². The molecular weight excluding hydrogens is 997 g/mol. The highest BCUT2D eigenvalue weighted by molar-refractivity contribution is 6.08. The fraction of sp³-hybridized carbons (Fsp3) is 0.286. The minimum absolute atomic E-state index is 0.0490. The third-order valence-electron chi connectivity index (χ3n) is 15.4. The van der Waals surface area contributed by atoms with Gasteiger partial charge in [0.25, 0.3) is 0 Å². The summed E-state index contributed by atoms with van der Waals surface area (Å²) in [6.07, 6.45) is 3.72. The number of pyridine rings is 2. The van der Waals surface area contributed by atoms with Crippen molar-refractivity contribution in [3.63, 3.8) is 0 Å². The second-order valence-electron chi connectivity index (χ2n) is 20.7. The number of hydrogen-bond donors (Lipinski definition) is 0. The van der Waals surface area contributed by atoms with Gasteiger partial charge in [-0.15, -0.1) is 0 Å². The Morgan fingerprint density at radius 2 is 0.637 bits per heavy atom. The van der Waals surface area contributed by atoms with Crippen molar-refractivity contribution in [3.8, 4) is 45.3 Å². The normalized spacial score (nSPS) is 12.4. The zero-order valence-corrected chi connectivity index (χ0v) is 47.1. The Kier molecular flexibility index (Phi) is 17.0. The number of aromatic nitrogens is 2. The standard InChI is InChI=1S/C70H72N2O8/c1-7-31-77-67-47-19-17-20-48(67)38-54-42-52(66-59-25-11-15-29-63(59)72(4)64-30-16-12-26-60(64)66)44-56(70(54)80-46-76-36-34-74-6)40-50-22-18-21-49(68(50)78-32-8-2)39-55-43-51(41-53(37-47)69(55)79-45-75-35-33-73-5)65-57-23-9-13-27-61(57)71(3)62-28-14-10-24-58(62)65/h9-30,41-44H,7-8,31-40,45-46H2,1-6H3/q+2. The Morgan fingerprint density at radius 1 is 0.338 bits per heavy atom. The average Bonchev–Trinajstić information content (AvgIpc) is 3.64. The van der Waals surface area contributed by atoms with Gasteiger partial charge in [0.1, 0.15) is 37.1 Å². The lowest BCUT2D eigenvalue weighted by molar-refractivity contribution is -0.617. The summed E-state index contributed by atoms with van der Waals surface area (Å²) in [5.74, 6) is 3.27. The first-order valence-corrected chi connectivity index (χ1v) is 28.2. The van der Waals surface area contributed by atoms with Crippen LogP contribution in [0.4, 0.5) is 0 Å². The summed E-state index contributed by atoms with van der Waals surface area (Å²) < 4.78 is 55.6. The Morgan fingerprint density at radius 3 is 0.938 bits per heavy atom. The van der Waals surface area contributed by atoms with E-state index in [4.69, 9.17) is 37.9 Å². The van der Waals surface area contributed by atoms with Gasteiger partial charge in [-0.3, -0.25) is 0 Å². The van der Waals surface area contributed by atoms with E-state index in [0.29, 0.717) is 65.3 Å².